The molecule has 2 rings (SSSR count). The highest BCUT2D eigenvalue weighted by atomic mass is 35.5. The van der Waals surface area contributed by atoms with E-state index in [4.69, 9.17) is 21.4 Å². The lowest BCUT2D eigenvalue weighted by Gasteiger charge is -2.08. The monoisotopic (exact) mass is 257 g/mol. The molecule has 0 unspecified atom stereocenters. The molecular formula is C9H12ClN5O2. The molecule has 7 nitrogen and oxygen atoms in total. The number of halogens is 1. The Kier molecular flexibility index (Phi) is 4.08. The van der Waals surface area contributed by atoms with Crippen molar-refractivity contribution >= 4 is 23.2 Å². The normalized spacial score (nSPS) is 10.9. The van der Waals surface area contributed by atoms with Crippen molar-refractivity contribution in [1.82, 2.24) is 19.6 Å². The van der Waals surface area contributed by atoms with E-state index in [1.807, 2.05) is 0 Å². The zero-order valence-electron chi connectivity index (χ0n) is 9.01. The molecule has 0 fully saturated rings. The summed E-state index contributed by atoms with van der Waals surface area (Å²) in [7, 11) is 0. The average molecular weight is 258 g/mol. The van der Waals surface area contributed by atoms with Crippen molar-refractivity contribution in [3.8, 4) is 0 Å². The Bertz CT molecular complexity index is 489. The van der Waals surface area contributed by atoms with Crippen LogP contribution in [0.25, 0.3) is 5.78 Å². The fourth-order valence-electron chi connectivity index (χ4n) is 1.33. The Morgan fingerprint density at radius 1 is 1.47 bits per heavy atom. The van der Waals surface area contributed by atoms with Crippen LogP contribution in [0.1, 0.15) is 0 Å². The number of aromatic nitrogens is 4. The molecule has 0 aromatic carbocycles. The molecule has 0 aliphatic carbocycles. The van der Waals surface area contributed by atoms with Crippen molar-refractivity contribution in [3.05, 3.63) is 17.5 Å². The molecule has 0 spiro atoms. The van der Waals surface area contributed by atoms with Crippen molar-refractivity contribution in [1.29, 1.82) is 0 Å². The highest BCUT2D eigenvalue weighted by Crippen LogP contribution is 2.13. The summed E-state index contributed by atoms with van der Waals surface area (Å²) in [5.41, 5.74) is 0. The van der Waals surface area contributed by atoms with E-state index in [2.05, 4.69) is 20.4 Å². The smallest absolute Gasteiger partial charge is 0.255 e. The van der Waals surface area contributed by atoms with Crippen molar-refractivity contribution in [2.45, 2.75) is 0 Å². The molecule has 92 valence electrons. The van der Waals surface area contributed by atoms with Gasteiger partial charge in [-0.1, -0.05) is 11.6 Å². The topological polar surface area (TPSA) is 84.6 Å². The number of aliphatic hydroxyl groups excluding tert-OH is 1. The van der Waals surface area contributed by atoms with Gasteiger partial charge in [0, 0.05) is 12.6 Å². The molecule has 2 heterocycles. The van der Waals surface area contributed by atoms with Gasteiger partial charge in [0.05, 0.1) is 19.8 Å². The summed E-state index contributed by atoms with van der Waals surface area (Å²) in [5.74, 6) is 1.14. The fraction of sp³-hybridized carbons (Fsp3) is 0.444. The van der Waals surface area contributed by atoms with Crippen LogP contribution in [0.15, 0.2) is 12.4 Å². The molecule has 0 bridgehead atoms. The lowest BCUT2D eigenvalue weighted by atomic mass is 10.5. The molecule has 0 saturated heterocycles. The Labute approximate surface area is 102 Å². The molecule has 0 atom stereocenters. The number of hydrogen-bond acceptors (Lipinski definition) is 6. The first-order valence-corrected chi connectivity index (χ1v) is 5.48. The lowest BCUT2D eigenvalue weighted by Crippen LogP contribution is -2.13. The second-order valence-corrected chi connectivity index (χ2v) is 3.59. The summed E-state index contributed by atoms with van der Waals surface area (Å²) < 4.78 is 6.68. The minimum absolute atomic E-state index is 0.0222. The zero-order chi connectivity index (χ0) is 12.1. The maximum absolute atomic E-state index is 8.54. The second kappa shape index (κ2) is 5.76. The van der Waals surface area contributed by atoms with Crippen molar-refractivity contribution in [2.24, 2.45) is 0 Å². The van der Waals surface area contributed by atoms with Crippen molar-refractivity contribution in [2.75, 3.05) is 31.7 Å². The van der Waals surface area contributed by atoms with Crippen LogP contribution in [0.2, 0.25) is 5.15 Å². The van der Waals surface area contributed by atoms with Crippen LogP contribution in [-0.4, -0.2) is 51.1 Å². The summed E-state index contributed by atoms with van der Waals surface area (Å²) in [6, 6.07) is 1.66. The molecule has 0 aliphatic heterocycles. The largest absolute Gasteiger partial charge is 0.394 e. The van der Waals surface area contributed by atoms with Crippen molar-refractivity contribution < 1.29 is 9.84 Å². The third-order valence-electron chi connectivity index (χ3n) is 2.01. The van der Waals surface area contributed by atoms with E-state index in [0.717, 1.165) is 0 Å². The summed E-state index contributed by atoms with van der Waals surface area (Å²) in [6.07, 6.45) is 1.41. The van der Waals surface area contributed by atoms with Gasteiger partial charge in [-0.25, -0.2) is 0 Å². The van der Waals surface area contributed by atoms with Gasteiger partial charge in [0.1, 0.15) is 17.3 Å². The van der Waals surface area contributed by atoms with E-state index in [9.17, 15) is 0 Å². The minimum Gasteiger partial charge on any atom is -0.394 e. The first kappa shape index (κ1) is 12.0. The number of anilines is 1. The highest BCUT2D eigenvalue weighted by Gasteiger charge is 2.05. The van der Waals surface area contributed by atoms with E-state index in [0.29, 0.717) is 36.5 Å². The number of aliphatic hydroxyl groups is 1. The van der Waals surface area contributed by atoms with Crippen LogP contribution < -0.4 is 5.32 Å². The van der Waals surface area contributed by atoms with Crippen LogP contribution in [0.4, 0.5) is 5.82 Å². The Balaban J connectivity index is 2.00. The van der Waals surface area contributed by atoms with Crippen LogP contribution in [0.3, 0.4) is 0 Å². The van der Waals surface area contributed by atoms with E-state index < -0.39 is 0 Å². The average Bonchev–Trinajstić information content (AvgIpc) is 2.76. The number of hydrogen-bond donors (Lipinski definition) is 2. The number of rotatable bonds is 6. The second-order valence-electron chi connectivity index (χ2n) is 3.20. The molecule has 2 aromatic heterocycles. The van der Waals surface area contributed by atoms with Gasteiger partial charge in [-0.05, 0) is 0 Å². The van der Waals surface area contributed by atoms with Crippen LogP contribution in [-0.2, 0) is 4.74 Å². The van der Waals surface area contributed by atoms with Gasteiger partial charge in [0.25, 0.3) is 5.78 Å². The summed E-state index contributed by atoms with van der Waals surface area (Å²) in [6.45, 7) is 1.41. The lowest BCUT2D eigenvalue weighted by molar-refractivity contribution is 0.0991. The molecular weight excluding hydrogens is 246 g/mol. The minimum atomic E-state index is 0.0222. The zero-order valence-corrected chi connectivity index (χ0v) is 9.76. The number of fused-ring (bicyclic) bond motifs is 1. The number of nitrogens with one attached hydrogen (secondary N) is 1. The maximum Gasteiger partial charge on any atom is 0.255 e. The van der Waals surface area contributed by atoms with E-state index >= 15 is 0 Å². The van der Waals surface area contributed by atoms with E-state index in [1.165, 1.54) is 6.33 Å². The third kappa shape index (κ3) is 3.02. The Morgan fingerprint density at radius 2 is 2.35 bits per heavy atom. The number of nitrogens with zero attached hydrogens (tertiary/aromatic N) is 4. The van der Waals surface area contributed by atoms with Crippen LogP contribution >= 0.6 is 11.6 Å². The van der Waals surface area contributed by atoms with Gasteiger partial charge in [0.2, 0.25) is 0 Å². The summed E-state index contributed by atoms with van der Waals surface area (Å²) in [5, 5.41) is 16.0. The van der Waals surface area contributed by atoms with Gasteiger partial charge < -0.3 is 15.2 Å². The standard InChI is InChI=1S/C9H12ClN5O2/c10-7-5-8(11-1-3-17-4-2-16)15-9(14-7)12-6-13-15/h5-6,11,16H,1-4H2. The fourth-order valence-corrected chi connectivity index (χ4v) is 1.51. The maximum atomic E-state index is 8.54. The molecule has 0 amide bonds. The van der Waals surface area contributed by atoms with Crippen LogP contribution in [0.5, 0.6) is 0 Å². The number of ether oxygens (including phenoxy) is 1. The van der Waals surface area contributed by atoms with Gasteiger partial charge in [-0.2, -0.15) is 19.6 Å². The summed E-state index contributed by atoms with van der Waals surface area (Å²) >= 11 is 5.85. The predicted molar refractivity (Wildman–Crippen MR) is 62.2 cm³/mol. The van der Waals surface area contributed by atoms with Gasteiger partial charge >= 0.3 is 0 Å². The highest BCUT2D eigenvalue weighted by molar-refractivity contribution is 6.29. The predicted octanol–water partition coefficient (Wildman–Crippen LogP) is 0.198. The summed E-state index contributed by atoms with van der Waals surface area (Å²) in [4.78, 5) is 7.95. The van der Waals surface area contributed by atoms with Gasteiger partial charge in [0.15, 0.2) is 0 Å². The molecule has 8 heteroatoms. The molecule has 2 aromatic rings. The Hall–Kier alpha value is -1.44. The van der Waals surface area contributed by atoms with Gasteiger partial charge in [-0.15, -0.1) is 0 Å². The quantitative estimate of drug-likeness (QED) is 0.568. The molecule has 2 N–H and O–H groups in total. The Morgan fingerprint density at radius 3 is 3.18 bits per heavy atom. The van der Waals surface area contributed by atoms with E-state index in [-0.39, 0.29) is 6.61 Å². The van der Waals surface area contributed by atoms with Crippen molar-refractivity contribution in [3.63, 3.8) is 0 Å². The SMILES string of the molecule is OCCOCCNc1cc(Cl)nc2ncnn12. The van der Waals surface area contributed by atoms with Gasteiger partial charge in [-0.3, -0.25) is 0 Å². The molecule has 0 radical (unpaired) electrons. The molecule has 17 heavy (non-hydrogen) atoms. The third-order valence-corrected chi connectivity index (χ3v) is 2.20. The van der Waals surface area contributed by atoms with Crippen LogP contribution in [0, 0.1) is 0 Å². The first-order chi connectivity index (χ1) is 8.31. The molecule has 0 saturated carbocycles. The first-order valence-electron chi connectivity index (χ1n) is 5.10. The molecule has 0 aliphatic rings. The van der Waals surface area contributed by atoms with E-state index in [1.54, 1.807) is 10.6 Å².